The molecule has 3 atom stereocenters. The maximum absolute atomic E-state index is 11.9. The van der Waals surface area contributed by atoms with Crippen LogP contribution in [0.2, 0.25) is 0 Å². The number of carboxylic acids is 1. The van der Waals surface area contributed by atoms with Gasteiger partial charge in [-0.3, -0.25) is 9.59 Å². The Labute approximate surface area is 247 Å². The number of carboxylic acid groups (broad SMARTS) is 1. The Hall–Kier alpha value is -3.56. The van der Waals surface area contributed by atoms with Crippen LogP contribution in [0.15, 0.2) is 72.8 Å². The molecule has 8 nitrogen and oxygen atoms in total. The van der Waals surface area contributed by atoms with E-state index in [1.807, 2.05) is 48.5 Å². The molecule has 3 aromatic carbocycles. The van der Waals surface area contributed by atoms with Gasteiger partial charge < -0.3 is 29.9 Å². The van der Waals surface area contributed by atoms with Crippen LogP contribution in [-0.4, -0.2) is 52.7 Å². The summed E-state index contributed by atoms with van der Waals surface area (Å²) >= 11 is 0. The average molecular weight is 573 g/mol. The maximum atomic E-state index is 11.9. The van der Waals surface area contributed by atoms with Crippen molar-refractivity contribution < 1.29 is 29.3 Å². The number of carbonyl (C=O) groups excluding carboxylic acids is 1. The van der Waals surface area contributed by atoms with Gasteiger partial charge in [0.1, 0.15) is 0 Å². The minimum absolute atomic E-state index is 0.0197. The number of aliphatic hydroxyl groups is 1. The highest BCUT2D eigenvalue weighted by Crippen LogP contribution is 2.39. The number of aliphatic hydroxyl groups excluding tert-OH is 1. The van der Waals surface area contributed by atoms with Gasteiger partial charge >= 0.3 is 5.97 Å². The van der Waals surface area contributed by atoms with Gasteiger partial charge in [0.2, 0.25) is 5.91 Å². The summed E-state index contributed by atoms with van der Waals surface area (Å²) in [7, 11) is 0. The lowest BCUT2D eigenvalue weighted by Crippen LogP contribution is -2.41. The zero-order chi connectivity index (χ0) is 29.3. The van der Waals surface area contributed by atoms with Crippen LogP contribution in [0.4, 0.5) is 0 Å². The standard InChI is InChI=1S/C34H40N2O6/c37-23-24-7-9-27(10-8-24)31-20-30(22-36-17-2-1-3-18-36)41-34(42-31)28-13-11-26(12-14-28)29-6-4-5-25(19-29)21-35-32(38)15-16-33(39)40/h4-14,19,30-31,34,37H,1-3,15-18,20-23H2,(H,35,38)(H,39,40)/t30-,31+,34+/m0/s1. The van der Waals surface area contributed by atoms with Crippen LogP contribution < -0.4 is 5.32 Å². The smallest absolute Gasteiger partial charge is 0.303 e. The summed E-state index contributed by atoms with van der Waals surface area (Å²) < 4.78 is 13.1. The Morgan fingerprint density at radius 2 is 1.57 bits per heavy atom. The number of hydrogen-bond donors (Lipinski definition) is 3. The Bertz CT molecular complexity index is 1320. The van der Waals surface area contributed by atoms with Crippen LogP contribution in [0.1, 0.15) is 73.2 Å². The van der Waals surface area contributed by atoms with Gasteiger partial charge in [0.15, 0.2) is 6.29 Å². The van der Waals surface area contributed by atoms with E-state index in [9.17, 15) is 14.7 Å². The molecule has 0 aromatic heterocycles. The van der Waals surface area contributed by atoms with Gasteiger partial charge in [-0.1, -0.05) is 73.2 Å². The van der Waals surface area contributed by atoms with Gasteiger partial charge in [-0.05, 0) is 59.8 Å². The number of nitrogens with one attached hydrogen (secondary N) is 1. The zero-order valence-electron chi connectivity index (χ0n) is 23.9. The predicted octanol–water partition coefficient (Wildman–Crippen LogP) is 5.36. The highest BCUT2D eigenvalue weighted by molar-refractivity contribution is 5.80. The molecule has 2 saturated heterocycles. The minimum Gasteiger partial charge on any atom is -0.481 e. The number of benzene rings is 3. The molecular formula is C34H40N2O6. The van der Waals surface area contributed by atoms with Crippen LogP contribution in [-0.2, 0) is 32.2 Å². The molecule has 1 amide bonds. The molecule has 0 unspecified atom stereocenters. The second kappa shape index (κ2) is 14.6. The Kier molecular flexibility index (Phi) is 10.4. The summed E-state index contributed by atoms with van der Waals surface area (Å²) in [6, 6.07) is 24.2. The first-order valence-corrected chi connectivity index (χ1v) is 14.9. The predicted molar refractivity (Wildman–Crippen MR) is 159 cm³/mol. The van der Waals surface area contributed by atoms with Crippen molar-refractivity contribution in [1.29, 1.82) is 0 Å². The van der Waals surface area contributed by atoms with E-state index in [1.54, 1.807) is 0 Å². The molecule has 3 N–H and O–H groups in total. The molecule has 2 aliphatic rings. The van der Waals surface area contributed by atoms with Crippen LogP contribution in [0.5, 0.6) is 0 Å². The first-order valence-electron chi connectivity index (χ1n) is 14.9. The molecule has 0 saturated carbocycles. The van der Waals surface area contributed by atoms with E-state index >= 15 is 0 Å². The SMILES string of the molecule is O=C(O)CCC(=O)NCc1cccc(-c2ccc([C@@H]3O[C@H](CN4CCCCC4)C[C@H](c4ccc(CO)cc4)O3)cc2)c1. The number of ether oxygens (including phenoxy) is 2. The van der Waals surface area contributed by atoms with Crippen molar-refractivity contribution >= 4 is 11.9 Å². The van der Waals surface area contributed by atoms with E-state index in [4.69, 9.17) is 14.6 Å². The van der Waals surface area contributed by atoms with Gasteiger partial charge in [0.05, 0.1) is 25.2 Å². The fraction of sp³-hybridized carbons (Fsp3) is 0.412. The summed E-state index contributed by atoms with van der Waals surface area (Å²) in [4.78, 5) is 25.1. The Morgan fingerprint density at radius 1 is 0.833 bits per heavy atom. The average Bonchev–Trinajstić information content (AvgIpc) is 3.03. The maximum Gasteiger partial charge on any atom is 0.303 e. The van der Waals surface area contributed by atoms with Gasteiger partial charge in [-0.15, -0.1) is 0 Å². The number of aliphatic carboxylic acids is 1. The highest BCUT2D eigenvalue weighted by Gasteiger charge is 2.33. The molecule has 2 heterocycles. The van der Waals surface area contributed by atoms with Gasteiger partial charge in [0, 0.05) is 31.5 Å². The number of likely N-dealkylation sites (tertiary alicyclic amines) is 1. The molecule has 3 aromatic rings. The van der Waals surface area contributed by atoms with Gasteiger partial charge in [-0.2, -0.15) is 0 Å². The largest absolute Gasteiger partial charge is 0.481 e. The molecule has 0 bridgehead atoms. The number of carbonyl (C=O) groups is 2. The minimum atomic E-state index is -0.982. The topological polar surface area (TPSA) is 108 Å². The van der Waals surface area contributed by atoms with Gasteiger partial charge in [-0.25, -0.2) is 0 Å². The van der Waals surface area contributed by atoms with Crippen molar-refractivity contribution in [3.8, 4) is 11.1 Å². The second-order valence-corrected chi connectivity index (χ2v) is 11.2. The zero-order valence-corrected chi connectivity index (χ0v) is 23.9. The van der Waals surface area contributed by atoms with E-state index < -0.39 is 12.3 Å². The third-order valence-corrected chi connectivity index (χ3v) is 8.02. The lowest BCUT2D eigenvalue weighted by molar-refractivity contribution is -0.253. The Morgan fingerprint density at radius 3 is 2.29 bits per heavy atom. The molecule has 0 spiro atoms. The molecule has 0 aliphatic carbocycles. The summed E-state index contributed by atoms with van der Waals surface area (Å²) in [5.74, 6) is -1.26. The third-order valence-electron chi connectivity index (χ3n) is 8.02. The normalized spacial score (nSPS) is 21.1. The molecule has 0 radical (unpaired) electrons. The van der Waals surface area contributed by atoms with Crippen molar-refractivity contribution in [3.05, 3.63) is 95.1 Å². The third kappa shape index (κ3) is 8.26. The molecule has 5 rings (SSSR count). The van der Waals surface area contributed by atoms with Crippen LogP contribution >= 0.6 is 0 Å². The molecular weight excluding hydrogens is 532 g/mol. The number of hydrogen-bond acceptors (Lipinski definition) is 6. The van der Waals surface area contributed by atoms with Crippen LogP contribution in [0, 0.1) is 0 Å². The number of amides is 1. The number of rotatable bonds is 11. The Balaban J connectivity index is 1.27. The lowest BCUT2D eigenvalue weighted by Gasteiger charge is -2.39. The summed E-state index contributed by atoms with van der Waals surface area (Å²) in [5, 5.41) is 21.0. The number of nitrogens with zero attached hydrogens (tertiary/aromatic N) is 1. The highest BCUT2D eigenvalue weighted by atomic mass is 16.7. The number of piperidine rings is 1. The van der Waals surface area contributed by atoms with Gasteiger partial charge in [0.25, 0.3) is 0 Å². The molecule has 2 aliphatic heterocycles. The van der Waals surface area contributed by atoms with E-state index in [0.29, 0.717) is 6.54 Å². The van der Waals surface area contributed by atoms with Crippen LogP contribution in [0.25, 0.3) is 11.1 Å². The molecule has 8 heteroatoms. The van der Waals surface area contributed by atoms with Crippen LogP contribution in [0.3, 0.4) is 0 Å². The van der Waals surface area contributed by atoms with E-state index in [2.05, 4.69) is 34.5 Å². The molecule has 222 valence electrons. The second-order valence-electron chi connectivity index (χ2n) is 11.2. The summed E-state index contributed by atoms with van der Waals surface area (Å²) in [6.07, 6.45) is 3.79. The molecule has 42 heavy (non-hydrogen) atoms. The lowest BCUT2D eigenvalue weighted by atomic mass is 9.98. The van der Waals surface area contributed by atoms with E-state index in [0.717, 1.165) is 59.4 Å². The van der Waals surface area contributed by atoms with Crippen molar-refractivity contribution in [2.45, 2.75) is 70.2 Å². The van der Waals surface area contributed by atoms with Crippen molar-refractivity contribution in [1.82, 2.24) is 10.2 Å². The fourth-order valence-electron chi connectivity index (χ4n) is 5.67. The monoisotopic (exact) mass is 572 g/mol. The van der Waals surface area contributed by atoms with Crippen molar-refractivity contribution in [3.63, 3.8) is 0 Å². The fourth-order valence-corrected chi connectivity index (χ4v) is 5.67. The quantitative estimate of drug-likeness (QED) is 0.284. The van der Waals surface area contributed by atoms with E-state index in [-0.39, 0.29) is 37.6 Å². The summed E-state index contributed by atoms with van der Waals surface area (Å²) in [5.41, 5.74) is 5.93. The van der Waals surface area contributed by atoms with Crippen molar-refractivity contribution in [2.75, 3.05) is 19.6 Å². The first-order chi connectivity index (χ1) is 20.5. The van der Waals surface area contributed by atoms with Crippen molar-refractivity contribution in [2.24, 2.45) is 0 Å². The van der Waals surface area contributed by atoms with E-state index in [1.165, 1.54) is 19.3 Å². The molecule has 2 fully saturated rings. The first kappa shape index (κ1) is 29.9. The summed E-state index contributed by atoms with van der Waals surface area (Å²) in [6.45, 7) is 3.48.